The molecule has 3 heteroatoms. The Morgan fingerprint density at radius 2 is 0.514 bits per heavy atom. The molecule has 0 spiro atoms. The molecule has 5 rings (SSSR count). The van der Waals surface area contributed by atoms with Gasteiger partial charge in [-0.1, -0.05) is 158 Å². The van der Waals surface area contributed by atoms with Crippen LogP contribution in [0, 0.1) is 0 Å². The van der Waals surface area contributed by atoms with Gasteiger partial charge < -0.3 is 10.2 Å². The van der Waals surface area contributed by atoms with Crippen molar-refractivity contribution in [3.05, 3.63) is 180 Å². The lowest BCUT2D eigenvalue weighted by molar-refractivity contribution is 0.137. The molecule has 3 nitrogen and oxygen atoms in total. The van der Waals surface area contributed by atoms with Crippen LogP contribution in [0.5, 0.6) is 0 Å². The monoisotopic (exact) mass is 460 g/mol. The molecule has 0 bridgehead atoms. The van der Waals surface area contributed by atoms with Crippen LogP contribution in [0.3, 0.4) is 0 Å². The molecule has 0 aliphatic heterocycles. The number of benzene rings is 5. The third kappa shape index (κ3) is 6.68. The second-order valence-electron chi connectivity index (χ2n) is 7.65. The zero-order chi connectivity index (χ0) is 24.8. The molecule has 0 heterocycles. The lowest BCUT2D eigenvalue weighted by Gasteiger charge is -2.36. The van der Waals surface area contributed by atoms with Gasteiger partial charge in [0.25, 0.3) is 0 Å². The van der Waals surface area contributed by atoms with E-state index in [0.29, 0.717) is 0 Å². The van der Waals surface area contributed by atoms with Crippen molar-refractivity contribution in [3.63, 3.8) is 0 Å². The summed E-state index contributed by atoms with van der Waals surface area (Å²) in [7, 11) is 0. The van der Waals surface area contributed by atoms with Gasteiger partial charge >= 0.3 is 6.16 Å². The summed E-state index contributed by atoms with van der Waals surface area (Å²) in [5.74, 6) is 0. The predicted molar refractivity (Wildman–Crippen MR) is 142 cm³/mol. The summed E-state index contributed by atoms with van der Waals surface area (Å²) in [5, 5.41) is 13.9. The standard InChI is InChI=1S/C25H20.C6H6.CH2O3/c1-5-13-21(14-6-1)25(22-15-7-2-8-16-22,23-17-9-3-10-18-23)24-19-11-4-12-20-24;1-2-4-6-5-3-1;2-1(3)4/h1-20H;1-6H;(H2,2,3,4). The fourth-order valence-electron chi connectivity index (χ4n) is 4.14. The second-order valence-corrected chi connectivity index (χ2v) is 7.65. The molecule has 0 aliphatic carbocycles. The maximum absolute atomic E-state index is 8.56. The number of hydrogen-bond donors (Lipinski definition) is 2. The SMILES string of the molecule is O=C(O)O.c1ccc(C(c2ccccc2)(c2ccccc2)c2ccccc2)cc1.c1ccccc1. The van der Waals surface area contributed by atoms with Crippen LogP contribution in [-0.2, 0) is 5.41 Å². The lowest BCUT2D eigenvalue weighted by Crippen LogP contribution is -2.30. The molecule has 0 atom stereocenters. The molecule has 0 amide bonds. The minimum atomic E-state index is -1.83. The Kier molecular flexibility index (Phi) is 9.41. The highest BCUT2D eigenvalue weighted by molar-refractivity contribution is 5.59. The number of carboxylic acid groups (broad SMARTS) is 2. The Morgan fingerprint density at radius 3 is 0.686 bits per heavy atom. The number of rotatable bonds is 4. The highest BCUT2D eigenvalue weighted by Crippen LogP contribution is 2.44. The summed E-state index contributed by atoms with van der Waals surface area (Å²) in [6.07, 6.45) is -1.83. The minimum absolute atomic E-state index is 0.328. The van der Waals surface area contributed by atoms with Gasteiger partial charge in [0.15, 0.2) is 0 Å². The Labute approximate surface area is 206 Å². The summed E-state index contributed by atoms with van der Waals surface area (Å²) in [5.41, 5.74) is 4.78. The van der Waals surface area contributed by atoms with Gasteiger partial charge in [0, 0.05) is 0 Å². The molecule has 0 radical (unpaired) electrons. The van der Waals surface area contributed by atoms with Crippen LogP contribution in [0.25, 0.3) is 0 Å². The van der Waals surface area contributed by atoms with Crippen molar-refractivity contribution in [3.8, 4) is 0 Å². The normalized spacial score (nSPS) is 10.1. The molecule has 0 saturated carbocycles. The largest absolute Gasteiger partial charge is 0.503 e. The quantitative estimate of drug-likeness (QED) is 0.267. The maximum atomic E-state index is 8.56. The van der Waals surface area contributed by atoms with E-state index in [1.54, 1.807) is 0 Å². The topological polar surface area (TPSA) is 57.5 Å². The molecule has 2 N–H and O–H groups in total. The highest BCUT2D eigenvalue weighted by Gasteiger charge is 2.37. The van der Waals surface area contributed by atoms with Crippen LogP contribution < -0.4 is 0 Å². The summed E-state index contributed by atoms with van der Waals surface area (Å²) in [6, 6.07) is 55.1. The second kappa shape index (κ2) is 13.2. The van der Waals surface area contributed by atoms with E-state index in [4.69, 9.17) is 15.0 Å². The van der Waals surface area contributed by atoms with Crippen LogP contribution in [0.4, 0.5) is 4.79 Å². The van der Waals surface area contributed by atoms with E-state index in [2.05, 4.69) is 121 Å². The first kappa shape index (κ1) is 25.0. The molecule has 174 valence electrons. The van der Waals surface area contributed by atoms with Gasteiger partial charge in [0.05, 0.1) is 5.41 Å². The van der Waals surface area contributed by atoms with E-state index >= 15 is 0 Å². The summed E-state index contributed by atoms with van der Waals surface area (Å²) in [4.78, 5) is 8.56. The fourth-order valence-corrected chi connectivity index (χ4v) is 4.14. The van der Waals surface area contributed by atoms with Gasteiger partial charge in [-0.25, -0.2) is 4.79 Å². The lowest BCUT2D eigenvalue weighted by atomic mass is 9.65. The van der Waals surface area contributed by atoms with Crippen LogP contribution in [-0.4, -0.2) is 16.4 Å². The van der Waals surface area contributed by atoms with Crippen molar-refractivity contribution in [1.82, 2.24) is 0 Å². The zero-order valence-electron chi connectivity index (χ0n) is 19.3. The first-order valence-corrected chi connectivity index (χ1v) is 11.3. The average molecular weight is 461 g/mol. The van der Waals surface area contributed by atoms with Crippen molar-refractivity contribution in [2.75, 3.05) is 0 Å². The summed E-state index contributed by atoms with van der Waals surface area (Å²) in [6.45, 7) is 0. The van der Waals surface area contributed by atoms with E-state index in [1.807, 2.05) is 36.4 Å². The van der Waals surface area contributed by atoms with Gasteiger partial charge in [-0.15, -0.1) is 0 Å². The Hall–Kier alpha value is -4.63. The molecule has 0 aliphatic rings. The Balaban J connectivity index is 0.000000287. The third-order valence-electron chi connectivity index (χ3n) is 5.49. The van der Waals surface area contributed by atoms with E-state index in [-0.39, 0.29) is 5.41 Å². The van der Waals surface area contributed by atoms with Crippen molar-refractivity contribution in [1.29, 1.82) is 0 Å². The first-order chi connectivity index (χ1) is 17.2. The number of hydrogen-bond acceptors (Lipinski definition) is 1. The molecule has 0 unspecified atom stereocenters. The minimum Gasteiger partial charge on any atom is -0.450 e. The molecule has 35 heavy (non-hydrogen) atoms. The third-order valence-corrected chi connectivity index (χ3v) is 5.49. The summed E-state index contributed by atoms with van der Waals surface area (Å²) < 4.78 is 0. The van der Waals surface area contributed by atoms with Crippen molar-refractivity contribution >= 4 is 6.16 Å². The first-order valence-electron chi connectivity index (χ1n) is 11.3. The fraction of sp³-hybridized carbons (Fsp3) is 0.0312. The molecule has 5 aromatic carbocycles. The Morgan fingerprint density at radius 1 is 0.371 bits per heavy atom. The van der Waals surface area contributed by atoms with Gasteiger partial charge in [0.1, 0.15) is 0 Å². The average Bonchev–Trinajstić information content (AvgIpc) is 2.93. The van der Waals surface area contributed by atoms with Gasteiger partial charge in [-0.05, 0) is 22.3 Å². The smallest absolute Gasteiger partial charge is 0.450 e. The molecule has 0 fully saturated rings. The number of carbonyl (C=O) groups is 1. The van der Waals surface area contributed by atoms with Crippen molar-refractivity contribution in [2.24, 2.45) is 0 Å². The van der Waals surface area contributed by atoms with Gasteiger partial charge in [-0.2, -0.15) is 0 Å². The van der Waals surface area contributed by atoms with Crippen LogP contribution in [0.1, 0.15) is 22.3 Å². The maximum Gasteiger partial charge on any atom is 0.503 e. The predicted octanol–water partition coefficient (Wildman–Crippen LogP) is 7.98. The molecular weight excluding hydrogens is 432 g/mol. The highest BCUT2D eigenvalue weighted by atomic mass is 16.6. The van der Waals surface area contributed by atoms with E-state index in [0.717, 1.165) is 0 Å². The van der Waals surface area contributed by atoms with Crippen molar-refractivity contribution in [2.45, 2.75) is 5.41 Å². The van der Waals surface area contributed by atoms with Crippen LogP contribution >= 0.6 is 0 Å². The summed E-state index contributed by atoms with van der Waals surface area (Å²) >= 11 is 0. The van der Waals surface area contributed by atoms with E-state index in [9.17, 15) is 0 Å². The molecule has 0 saturated heterocycles. The van der Waals surface area contributed by atoms with E-state index < -0.39 is 6.16 Å². The zero-order valence-corrected chi connectivity index (χ0v) is 19.3. The van der Waals surface area contributed by atoms with Gasteiger partial charge in [-0.3, -0.25) is 0 Å². The van der Waals surface area contributed by atoms with E-state index in [1.165, 1.54) is 22.3 Å². The van der Waals surface area contributed by atoms with Crippen LogP contribution in [0.15, 0.2) is 158 Å². The van der Waals surface area contributed by atoms with Gasteiger partial charge in [0.2, 0.25) is 0 Å². The van der Waals surface area contributed by atoms with Crippen LogP contribution in [0.2, 0.25) is 0 Å². The van der Waals surface area contributed by atoms with Crippen molar-refractivity contribution < 1.29 is 15.0 Å². The molecular formula is C32H28O3. The molecule has 0 aromatic heterocycles. The Bertz CT molecular complexity index is 1050. The molecule has 5 aromatic rings.